The highest BCUT2D eigenvalue weighted by Gasteiger charge is 2.21. The molecule has 0 atom stereocenters. The number of esters is 1. The monoisotopic (exact) mass is 436 g/mol. The van der Waals surface area contributed by atoms with E-state index in [2.05, 4.69) is 15.2 Å². The first kappa shape index (κ1) is 21.2. The molecule has 7 nitrogen and oxygen atoms in total. The van der Waals surface area contributed by atoms with Crippen LogP contribution in [0, 0.1) is 0 Å². The molecule has 0 radical (unpaired) electrons. The third kappa shape index (κ3) is 5.52. The highest BCUT2D eigenvalue weighted by atomic mass is 35.5. The Morgan fingerprint density at radius 3 is 2.66 bits per heavy atom. The van der Waals surface area contributed by atoms with Crippen molar-refractivity contribution in [2.75, 3.05) is 43.0 Å². The molecule has 2 heterocycles. The summed E-state index contributed by atoms with van der Waals surface area (Å²) in [4.78, 5) is 32.6. The number of anilines is 2. The van der Waals surface area contributed by atoms with Crippen LogP contribution in [0.3, 0.4) is 0 Å². The minimum Gasteiger partial charge on any atom is -0.462 e. The summed E-state index contributed by atoms with van der Waals surface area (Å²) in [6.07, 6.45) is 2.31. The molecule has 0 unspecified atom stereocenters. The predicted molar refractivity (Wildman–Crippen MR) is 114 cm³/mol. The number of benzene rings is 1. The summed E-state index contributed by atoms with van der Waals surface area (Å²) in [5.41, 5.74) is 0.949. The van der Waals surface area contributed by atoms with Crippen LogP contribution in [0.4, 0.5) is 16.3 Å². The summed E-state index contributed by atoms with van der Waals surface area (Å²) in [5.74, 6) is 0.382. The second-order valence-corrected chi connectivity index (χ2v) is 7.35. The molecule has 1 aromatic heterocycles. The molecule has 0 bridgehead atoms. The fourth-order valence-electron chi connectivity index (χ4n) is 3.04. The number of carbonyl (C=O) groups excluding carboxylic acids is 2. The van der Waals surface area contributed by atoms with Crippen LogP contribution in [0.1, 0.15) is 23.7 Å². The summed E-state index contributed by atoms with van der Waals surface area (Å²) in [6, 6.07) is 8.25. The number of carbonyl (C=O) groups is 2. The maximum atomic E-state index is 12.6. The third-order valence-corrected chi connectivity index (χ3v) is 5.09. The van der Waals surface area contributed by atoms with Gasteiger partial charge in [-0.05, 0) is 43.7 Å². The fourth-order valence-corrected chi connectivity index (χ4v) is 3.50. The zero-order chi connectivity index (χ0) is 20.8. The standard InChI is InChI=1S/C20H22Cl2N4O3/c1-2-29-19(27)14-4-7-18(23-13-14)25-8-3-9-26(11-10-25)20(28)24-17-6-5-15(21)12-16(17)22/h4-7,12-13H,2-3,8-11H2,1H3,(H,24,28). The Hall–Kier alpha value is -2.51. The minimum absolute atomic E-state index is 0.207. The Kier molecular flexibility index (Phi) is 7.17. The number of hydrogen-bond donors (Lipinski definition) is 1. The zero-order valence-electron chi connectivity index (χ0n) is 16.0. The number of rotatable bonds is 4. The first-order valence-corrected chi connectivity index (χ1v) is 10.1. The Morgan fingerprint density at radius 2 is 1.97 bits per heavy atom. The van der Waals surface area contributed by atoms with E-state index in [1.165, 1.54) is 6.20 Å². The van der Waals surface area contributed by atoms with Gasteiger partial charge in [-0.25, -0.2) is 14.6 Å². The van der Waals surface area contributed by atoms with E-state index >= 15 is 0 Å². The SMILES string of the molecule is CCOC(=O)c1ccc(N2CCCN(C(=O)Nc3ccc(Cl)cc3Cl)CC2)nc1. The molecule has 1 aromatic carbocycles. The van der Waals surface area contributed by atoms with Crippen LogP contribution in [0.5, 0.6) is 0 Å². The van der Waals surface area contributed by atoms with Crippen molar-refractivity contribution in [3.63, 3.8) is 0 Å². The molecule has 1 aliphatic heterocycles. The summed E-state index contributed by atoms with van der Waals surface area (Å²) in [6.45, 7) is 4.64. The molecule has 9 heteroatoms. The van der Waals surface area contributed by atoms with Crippen molar-refractivity contribution in [2.45, 2.75) is 13.3 Å². The molecule has 3 rings (SSSR count). The van der Waals surface area contributed by atoms with Crippen LogP contribution in [-0.4, -0.2) is 54.7 Å². The van der Waals surface area contributed by atoms with Crippen LogP contribution in [0.15, 0.2) is 36.5 Å². The molecule has 1 N–H and O–H groups in total. The number of amides is 2. The lowest BCUT2D eigenvalue weighted by atomic mass is 10.2. The molecule has 2 amide bonds. The van der Waals surface area contributed by atoms with E-state index in [4.69, 9.17) is 27.9 Å². The minimum atomic E-state index is -0.383. The van der Waals surface area contributed by atoms with Crippen LogP contribution >= 0.6 is 23.2 Å². The Labute approximate surface area is 179 Å². The first-order chi connectivity index (χ1) is 14.0. The van der Waals surface area contributed by atoms with E-state index < -0.39 is 0 Å². The quantitative estimate of drug-likeness (QED) is 0.722. The van der Waals surface area contributed by atoms with E-state index in [9.17, 15) is 9.59 Å². The smallest absolute Gasteiger partial charge is 0.339 e. The number of nitrogens with zero attached hydrogens (tertiary/aromatic N) is 3. The number of urea groups is 1. The lowest BCUT2D eigenvalue weighted by molar-refractivity contribution is 0.0526. The number of nitrogens with one attached hydrogen (secondary N) is 1. The third-order valence-electron chi connectivity index (χ3n) is 4.54. The molecule has 154 valence electrons. The maximum Gasteiger partial charge on any atom is 0.339 e. The zero-order valence-corrected chi connectivity index (χ0v) is 17.5. The number of halogens is 2. The van der Waals surface area contributed by atoms with Crippen molar-refractivity contribution in [2.24, 2.45) is 0 Å². The van der Waals surface area contributed by atoms with Gasteiger partial charge in [-0.3, -0.25) is 0 Å². The van der Waals surface area contributed by atoms with Gasteiger partial charge < -0.3 is 19.9 Å². The van der Waals surface area contributed by atoms with Gasteiger partial charge in [0.15, 0.2) is 0 Å². The molecular weight excluding hydrogens is 415 g/mol. The molecule has 0 spiro atoms. The maximum absolute atomic E-state index is 12.6. The van der Waals surface area contributed by atoms with E-state index in [-0.39, 0.29) is 12.0 Å². The van der Waals surface area contributed by atoms with Gasteiger partial charge in [0.2, 0.25) is 0 Å². The van der Waals surface area contributed by atoms with Gasteiger partial charge in [0.25, 0.3) is 0 Å². The Morgan fingerprint density at radius 1 is 1.14 bits per heavy atom. The predicted octanol–water partition coefficient (Wildman–Crippen LogP) is 4.31. The highest BCUT2D eigenvalue weighted by Crippen LogP contribution is 2.25. The molecule has 1 aliphatic rings. The largest absolute Gasteiger partial charge is 0.462 e. The number of hydrogen-bond acceptors (Lipinski definition) is 5. The second-order valence-electron chi connectivity index (χ2n) is 6.51. The lowest BCUT2D eigenvalue weighted by Gasteiger charge is -2.23. The van der Waals surface area contributed by atoms with Gasteiger partial charge >= 0.3 is 12.0 Å². The Balaban J connectivity index is 1.59. The molecule has 29 heavy (non-hydrogen) atoms. The van der Waals surface area contributed by atoms with Gasteiger partial charge in [0.1, 0.15) is 5.82 Å². The lowest BCUT2D eigenvalue weighted by Crippen LogP contribution is -2.38. The average molecular weight is 437 g/mol. The molecule has 0 aliphatic carbocycles. The normalized spacial score (nSPS) is 14.3. The van der Waals surface area contributed by atoms with Crippen LogP contribution in [-0.2, 0) is 4.74 Å². The van der Waals surface area contributed by atoms with Crippen molar-refractivity contribution in [1.29, 1.82) is 0 Å². The molecular formula is C20H22Cl2N4O3. The van der Waals surface area contributed by atoms with Gasteiger partial charge in [-0.2, -0.15) is 0 Å². The van der Waals surface area contributed by atoms with Gasteiger partial charge in [-0.15, -0.1) is 0 Å². The van der Waals surface area contributed by atoms with Crippen molar-refractivity contribution in [1.82, 2.24) is 9.88 Å². The van der Waals surface area contributed by atoms with Crippen molar-refractivity contribution < 1.29 is 14.3 Å². The summed E-state index contributed by atoms with van der Waals surface area (Å²) < 4.78 is 4.98. The first-order valence-electron chi connectivity index (χ1n) is 9.37. The topological polar surface area (TPSA) is 74.8 Å². The summed E-state index contributed by atoms with van der Waals surface area (Å²) in [7, 11) is 0. The molecule has 0 saturated carbocycles. The van der Waals surface area contributed by atoms with Crippen LogP contribution in [0.2, 0.25) is 10.0 Å². The number of ether oxygens (including phenoxy) is 1. The summed E-state index contributed by atoms with van der Waals surface area (Å²) >= 11 is 12.0. The fraction of sp³-hybridized carbons (Fsp3) is 0.350. The van der Waals surface area contributed by atoms with Crippen LogP contribution in [0.25, 0.3) is 0 Å². The molecule has 1 saturated heterocycles. The van der Waals surface area contributed by atoms with Crippen LogP contribution < -0.4 is 10.2 Å². The molecule has 1 fully saturated rings. The van der Waals surface area contributed by atoms with Gasteiger partial charge in [0.05, 0.1) is 22.9 Å². The van der Waals surface area contributed by atoms with Crippen molar-refractivity contribution in [3.05, 3.63) is 52.1 Å². The van der Waals surface area contributed by atoms with Gasteiger partial charge in [0, 0.05) is 37.4 Å². The van der Waals surface area contributed by atoms with E-state index in [0.717, 1.165) is 18.8 Å². The van der Waals surface area contributed by atoms with Crippen molar-refractivity contribution in [3.8, 4) is 0 Å². The number of pyridine rings is 1. The highest BCUT2D eigenvalue weighted by molar-refractivity contribution is 6.36. The number of aromatic nitrogens is 1. The van der Waals surface area contributed by atoms with E-state index in [0.29, 0.717) is 47.5 Å². The van der Waals surface area contributed by atoms with Crippen molar-refractivity contribution >= 4 is 46.7 Å². The average Bonchev–Trinajstić information content (AvgIpc) is 2.97. The summed E-state index contributed by atoms with van der Waals surface area (Å²) in [5, 5.41) is 3.74. The van der Waals surface area contributed by atoms with Gasteiger partial charge in [-0.1, -0.05) is 23.2 Å². The molecule has 2 aromatic rings. The van der Waals surface area contributed by atoms with E-state index in [1.54, 1.807) is 42.2 Å². The Bertz CT molecular complexity index is 877. The van der Waals surface area contributed by atoms with E-state index in [1.807, 2.05) is 0 Å². The second kappa shape index (κ2) is 9.80.